The minimum absolute atomic E-state index is 0.0378. The summed E-state index contributed by atoms with van der Waals surface area (Å²) >= 11 is 0. The molecule has 0 atom stereocenters. The Kier molecular flexibility index (Phi) is 4.91. The second-order valence-corrected chi connectivity index (χ2v) is 5.27. The largest absolute Gasteiger partial charge is 0.441 e. The van der Waals surface area contributed by atoms with Crippen molar-refractivity contribution in [2.24, 2.45) is 0 Å². The number of imidazole rings is 1. The van der Waals surface area contributed by atoms with Crippen LogP contribution in [0.2, 0.25) is 0 Å². The van der Waals surface area contributed by atoms with E-state index in [0.717, 1.165) is 16.6 Å². The summed E-state index contributed by atoms with van der Waals surface area (Å²) < 4.78 is 5.12. The number of alkyl carbamates (subject to hydrolysis) is 1. The van der Waals surface area contributed by atoms with Crippen LogP contribution in [0.5, 0.6) is 0 Å². The minimum Gasteiger partial charge on any atom is -0.441 e. The number of hydroxylamine groups is 1. The van der Waals surface area contributed by atoms with Crippen LogP contribution >= 0.6 is 0 Å². The van der Waals surface area contributed by atoms with Crippen molar-refractivity contribution in [1.82, 2.24) is 20.8 Å². The number of benzene rings is 2. The second kappa shape index (κ2) is 7.45. The molecular formula is C17H16N4O4. The first-order chi connectivity index (χ1) is 12.2. The van der Waals surface area contributed by atoms with E-state index in [1.54, 1.807) is 29.7 Å². The van der Waals surface area contributed by atoms with Crippen molar-refractivity contribution >= 4 is 23.0 Å². The number of rotatable bonds is 5. The zero-order chi connectivity index (χ0) is 17.6. The number of nitrogens with one attached hydrogen (secondary N) is 3. The number of carbonyl (C=O) groups excluding carboxylic acids is 2. The number of H-pyrrole nitrogens is 1. The molecule has 0 bridgehead atoms. The maximum atomic E-state index is 11.8. The molecule has 0 aliphatic carbocycles. The zero-order valence-electron chi connectivity index (χ0n) is 13.2. The molecule has 25 heavy (non-hydrogen) atoms. The Morgan fingerprint density at radius 2 is 1.88 bits per heavy atom. The van der Waals surface area contributed by atoms with Gasteiger partial charge in [-0.2, -0.15) is 0 Å². The van der Waals surface area contributed by atoms with E-state index in [1.165, 1.54) is 0 Å². The lowest BCUT2D eigenvalue weighted by atomic mass is 10.1. The van der Waals surface area contributed by atoms with Gasteiger partial charge in [-0.1, -0.05) is 24.3 Å². The summed E-state index contributed by atoms with van der Waals surface area (Å²) in [6.07, 6.45) is -0.572. The number of fused-ring (bicyclic) bond motifs is 1. The van der Waals surface area contributed by atoms with Gasteiger partial charge >= 0.3 is 6.09 Å². The van der Waals surface area contributed by atoms with Crippen LogP contribution in [0.25, 0.3) is 11.0 Å². The van der Waals surface area contributed by atoms with Gasteiger partial charge in [0.1, 0.15) is 5.82 Å². The minimum atomic E-state index is -0.593. The third-order valence-corrected chi connectivity index (χ3v) is 3.53. The fourth-order valence-electron chi connectivity index (χ4n) is 2.27. The number of aromatic amines is 1. The van der Waals surface area contributed by atoms with Crippen molar-refractivity contribution in [2.75, 3.05) is 0 Å². The van der Waals surface area contributed by atoms with Gasteiger partial charge < -0.3 is 15.0 Å². The summed E-state index contributed by atoms with van der Waals surface area (Å²) in [5, 5.41) is 11.2. The fourth-order valence-corrected chi connectivity index (χ4v) is 2.27. The average Bonchev–Trinajstić information content (AvgIpc) is 3.07. The summed E-state index contributed by atoms with van der Waals surface area (Å²) in [4.78, 5) is 30.4. The molecule has 0 aliphatic heterocycles. The molecule has 0 spiro atoms. The van der Waals surface area contributed by atoms with E-state index >= 15 is 0 Å². The van der Waals surface area contributed by atoms with Gasteiger partial charge in [-0.15, -0.1) is 0 Å². The molecule has 2 amide bonds. The molecule has 128 valence electrons. The lowest BCUT2D eigenvalue weighted by Crippen LogP contribution is -2.24. The molecule has 8 heteroatoms. The van der Waals surface area contributed by atoms with Crippen LogP contribution in [-0.2, 0) is 17.9 Å². The highest BCUT2D eigenvalue weighted by atomic mass is 16.5. The Hall–Kier alpha value is -3.39. The van der Waals surface area contributed by atoms with Crippen molar-refractivity contribution in [2.45, 2.75) is 13.2 Å². The van der Waals surface area contributed by atoms with E-state index in [4.69, 9.17) is 9.94 Å². The maximum absolute atomic E-state index is 11.8. The molecule has 0 radical (unpaired) electrons. The van der Waals surface area contributed by atoms with Crippen LogP contribution < -0.4 is 10.8 Å². The summed E-state index contributed by atoms with van der Waals surface area (Å²) in [7, 11) is 0. The van der Waals surface area contributed by atoms with E-state index in [2.05, 4.69) is 15.3 Å². The van der Waals surface area contributed by atoms with Gasteiger partial charge in [-0.05, 0) is 29.8 Å². The molecular weight excluding hydrogens is 324 g/mol. The van der Waals surface area contributed by atoms with Crippen LogP contribution in [0, 0.1) is 0 Å². The van der Waals surface area contributed by atoms with E-state index < -0.39 is 12.0 Å². The molecule has 0 unspecified atom stereocenters. The zero-order valence-corrected chi connectivity index (χ0v) is 13.2. The quantitative estimate of drug-likeness (QED) is 0.419. The lowest BCUT2D eigenvalue weighted by molar-refractivity contribution is 0.0706. The number of hydrogen-bond donors (Lipinski definition) is 4. The molecule has 2 aromatic carbocycles. The number of carbonyl (C=O) groups is 2. The molecule has 0 saturated carbocycles. The Morgan fingerprint density at radius 1 is 1.12 bits per heavy atom. The Labute approximate surface area is 142 Å². The third kappa shape index (κ3) is 4.12. The Balaban J connectivity index is 1.48. The average molecular weight is 340 g/mol. The van der Waals surface area contributed by atoms with Crippen molar-refractivity contribution in [3.05, 3.63) is 65.5 Å². The van der Waals surface area contributed by atoms with E-state index in [1.807, 2.05) is 24.3 Å². The normalized spacial score (nSPS) is 10.4. The van der Waals surface area contributed by atoms with Crippen LogP contribution in [0.15, 0.2) is 48.5 Å². The van der Waals surface area contributed by atoms with Crippen LogP contribution in [0.1, 0.15) is 21.7 Å². The van der Waals surface area contributed by atoms with E-state index in [-0.39, 0.29) is 13.2 Å². The van der Waals surface area contributed by atoms with E-state index in [9.17, 15) is 9.59 Å². The molecule has 3 aromatic rings. The number of para-hydroxylation sites is 2. The maximum Gasteiger partial charge on any atom is 0.407 e. The summed E-state index contributed by atoms with van der Waals surface area (Å²) in [6.45, 7) is 0.288. The van der Waals surface area contributed by atoms with Gasteiger partial charge in [-0.25, -0.2) is 15.3 Å². The Morgan fingerprint density at radius 3 is 2.60 bits per heavy atom. The first kappa shape index (κ1) is 16.5. The first-order valence-electron chi connectivity index (χ1n) is 7.53. The van der Waals surface area contributed by atoms with Gasteiger partial charge in [0.05, 0.1) is 11.0 Å². The summed E-state index contributed by atoms with van der Waals surface area (Å²) in [5.41, 5.74) is 4.36. The highest BCUT2D eigenvalue weighted by Gasteiger charge is 2.07. The Bertz CT molecular complexity index is 856. The predicted molar refractivity (Wildman–Crippen MR) is 88.8 cm³/mol. The smallest absolute Gasteiger partial charge is 0.407 e. The summed E-state index contributed by atoms with van der Waals surface area (Å²) in [6, 6.07) is 14.0. The van der Waals surface area contributed by atoms with E-state index in [0.29, 0.717) is 11.4 Å². The van der Waals surface area contributed by atoms with Gasteiger partial charge in [0, 0.05) is 12.1 Å². The molecule has 4 N–H and O–H groups in total. The number of amides is 2. The molecule has 0 fully saturated rings. The third-order valence-electron chi connectivity index (χ3n) is 3.53. The number of aromatic nitrogens is 2. The van der Waals surface area contributed by atoms with Gasteiger partial charge in [-0.3, -0.25) is 10.0 Å². The standard InChI is InChI=1S/C17H16N4O4/c22-16(21-24)12-7-5-11(6-8-12)9-18-17(23)25-10-15-19-13-3-1-2-4-14(13)20-15/h1-8,24H,9-10H2,(H,18,23)(H,19,20)(H,21,22). The molecule has 0 saturated heterocycles. The van der Waals surface area contributed by atoms with Crippen LogP contribution in [-0.4, -0.2) is 27.2 Å². The SMILES string of the molecule is O=C(NCc1ccc(C(=O)NO)cc1)OCc1nc2ccccc2[nH]1. The number of nitrogens with zero attached hydrogens (tertiary/aromatic N) is 1. The lowest BCUT2D eigenvalue weighted by Gasteiger charge is -2.06. The van der Waals surface area contributed by atoms with Gasteiger partial charge in [0.15, 0.2) is 6.61 Å². The second-order valence-electron chi connectivity index (χ2n) is 5.27. The van der Waals surface area contributed by atoms with Crippen molar-refractivity contribution in [3.63, 3.8) is 0 Å². The predicted octanol–water partition coefficient (Wildman–Crippen LogP) is 2.11. The van der Waals surface area contributed by atoms with Crippen LogP contribution in [0.3, 0.4) is 0 Å². The van der Waals surface area contributed by atoms with Crippen LogP contribution in [0.4, 0.5) is 4.79 Å². The number of hydrogen-bond acceptors (Lipinski definition) is 5. The fraction of sp³-hybridized carbons (Fsp3) is 0.118. The molecule has 3 rings (SSSR count). The topological polar surface area (TPSA) is 116 Å². The monoisotopic (exact) mass is 340 g/mol. The van der Waals surface area contributed by atoms with Gasteiger partial charge in [0.2, 0.25) is 0 Å². The first-order valence-corrected chi connectivity index (χ1v) is 7.53. The van der Waals surface area contributed by atoms with Gasteiger partial charge in [0.25, 0.3) is 5.91 Å². The highest BCUT2D eigenvalue weighted by molar-refractivity contribution is 5.93. The number of ether oxygens (including phenoxy) is 1. The molecule has 0 aliphatic rings. The molecule has 1 aromatic heterocycles. The highest BCUT2D eigenvalue weighted by Crippen LogP contribution is 2.11. The van der Waals surface area contributed by atoms with Crippen molar-refractivity contribution < 1.29 is 19.5 Å². The van der Waals surface area contributed by atoms with Crippen molar-refractivity contribution in [3.8, 4) is 0 Å². The van der Waals surface area contributed by atoms with Crippen molar-refractivity contribution in [1.29, 1.82) is 0 Å². The summed E-state index contributed by atoms with van der Waals surface area (Å²) in [5.74, 6) is -0.0273. The molecule has 1 heterocycles. The molecule has 8 nitrogen and oxygen atoms in total.